The summed E-state index contributed by atoms with van der Waals surface area (Å²) in [5, 5.41) is 5.40. The molecule has 0 aliphatic carbocycles. The molecule has 0 unspecified atom stereocenters. The Morgan fingerprint density at radius 3 is 2.62 bits per heavy atom. The van der Waals surface area contributed by atoms with Crippen LogP contribution in [0.3, 0.4) is 0 Å². The first-order valence-corrected chi connectivity index (χ1v) is 9.12. The Hall–Kier alpha value is -3.68. The van der Waals surface area contributed by atoms with Gasteiger partial charge in [0.25, 0.3) is 5.91 Å². The predicted molar refractivity (Wildman–Crippen MR) is 103 cm³/mol. The van der Waals surface area contributed by atoms with E-state index in [1.165, 1.54) is 0 Å². The van der Waals surface area contributed by atoms with Crippen LogP contribution in [0.5, 0.6) is 5.75 Å². The average Bonchev–Trinajstić information content (AvgIpc) is 3.00. The van der Waals surface area contributed by atoms with E-state index in [-0.39, 0.29) is 18.2 Å². The number of rotatable bonds is 5. The molecule has 8 nitrogen and oxygen atoms in total. The molecular weight excluding hydrogens is 376 g/mol. The number of nitrogens with one attached hydrogen (secondary N) is 2. The summed E-state index contributed by atoms with van der Waals surface area (Å²) in [6.07, 6.45) is -1.34. The Kier molecular flexibility index (Phi) is 4.75. The largest absolute Gasteiger partial charge is 0.478 e. The summed E-state index contributed by atoms with van der Waals surface area (Å²) in [5.41, 5.74) is 2.30. The average molecular weight is 394 g/mol. The Morgan fingerprint density at radius 2 is 1.79 bits per heavy atom. The third kappa shape index (κ3) is 3.69. The van der Waals surface area contributed by atoms with Gasteiger partial charge in [-0.3, -0.25) is 19.2 Å². The van der Waals surface area contributed by atoms with E-state index in [0.29, 0.717) is 22.7 Å². The third-order valence-corrected chi connectivity index (χ3v) is 4.91. The predicted octanol–water partition coefficient (Wildman–Crippen LogP) is 2.26. The molecule has 2 aliphatic rings. The molecule has 0 saturated heterocycles. The molecule has 0 bridgehead atoms. The maximum atomic E-state index is 12.4. The van der Waals surface area contributed by atoms with Gasteiger partial charge in [0, 0.05) is 11.3 Å². The first-order chi connectivity index (χ1) is 13.9. The van der Waals surface area contributed by atoms with E-state index in [9.17, 15) is 19.2 Å². The number of hydrogen-bond donors (Lipinski definition) is 2. The molecule has 4 rings (SSSR count). The van der Waals surface area contributed by atoms with Crippen molar-refractivity contribution in [2.45, 2.75) is 25.4 Å². The van der Waals surface area contributed by atoms with Crippen molar-refractivity contribution in [3.05, 3.63) is 53.6 Å². The van der Waals surface area contributed by atoms with Crippen LogP contribution in [0, 0.1) is 0 Å². The number of amides is 2. The highest BCUT2D eigenvalue weighted by Gasteiger charge is 2.31. The number of esters is 1. The van der Waals surface area contributed by atoms with Crippen molar-refractivity contribution in [1.29, 1.82) is 0 Å². The van der Waals surface area contributed by atoms with Crippen LogP contribution < -0.4 is 15.4 Å². The molecule has 8 heteroatoms. The van der Waals surface area contributed by atoms with Crippen LogP contribution in [0.25, 0.3) is 0 Å². The second-order valence-electron chi connectivity index (χ2n) is 6.89. The molecule has 148 valence electrons. The summed E-state index contributed by atoms with van der Waals surface area (Å²) < 4.78 is 10.6. The normalized spacial score (nSPS) is 19.3. The fourth-order valence-corrected chi connectivity index (χ4v) is 3.26. The van der Waals surface area contributed by atoms with Crippen molar-refractivity contribution in [2.75, 3.05) is 17.2 Å². The number of carbonyl (C=O) groups is 4. The minimum absolute atomic E-state index is 0.122. The fraction of sp³-hybridized carbons (Fsp3) is 0.238. The van der Waals surface area contributed by atoms with Gasteiger partial charge in [0.2, 0.25) is 5.91 Å². The second kappa shape index (κ2) is 7.38. The van der Waals surface area contributed by atoms with Crippen LogP contribution in [-0.4, -0.2) is 36.3 Å². The molecule has 0 aromatic heterocycles. The summed E-state index contributed by atoms with van der Waals surface area (Å²) in [7, 11) is 0. The van der Waals surface area contributed by atoms with E-state index >= 15 is 0 Å². The topological polar surface area (TPSA) is 111 Å². The third-order valence-electron chi connectivity index (χ3n) is 4.91. The highest BCUT2D eigenvalue weighted by atomic mass is 16.5. The van der Waals surface area contributed by atoms with Crippen LogP contribution >= 0.6 is 0 Å². The molecule has 2 amide bonds. The van der Waals surface area contributed by atoms with Crippen molar-refractivity contribution in [2.24, 2.45) is 0 Å². The standard InChI is InChI=1S/C21H18N2O6/c1-11-13-8-12(6-7-14(13)22-20(11)26)16(24)10-28-19(25)9-18-21(27)23-15-4-2-3-5-17(15)29-18/h2-8,11,18H,9-10H2,1H3,(H,22,26)(H,23,27)/t11-,18+/m1/s1. The number of fused-ring (bicyclic) bond motifs is 2. The molecule has 2 aromatic carbocycles. The summed E-state index contributed by atoms with van der Waals surface area (Å²) in [5.74, 6) is -1.56. The van der Waals surface area contributed by atoms with Gasteiger partial charge in [0.15, 0.2) is 18.5 Å². The molecule has 2 N–H and O–H groups in total. The van der Waals surface area contributed by atoms with Crippen LogP contribution in [0.4, 0.5) is 11.4 Å². The highest BCUT2D eigenvalue weighted by molar-refractivity contribution is 6.05. The van der Waals surface area contributed by atoms with Gasteiger partial charge in [0.1, 0.15) is 5.75 Å². The van der Waals surface area contributed by atoms with Crippen LogP contribution in [0.2, 0.25) is 0 Å². The number of Topliss-reactive ketones (excluding diaryl/α,β-unsaturated/α-hetero) is 1. The van der Waals surface area contributed by atoms with Gasteiger partial charge in [-0.2, -0.15) is 0 Å². The van der Waals surface area contributed by atoms with Crippen molar-refractivity contribution in [3.8, 4) is 5.75 Å². The minimum Gasteiger partial charge on any atom is -0.478 e. The van der Waals surface area contributed by atoms with Crippen LogP contribution in [0.15, 0.2) is 42.5 Å². The Morgan fingerprint density at radius 1 is 1.03 bits per heavy atom. The highest BCUT2D eigenvalue weighted by Crippen LogP contribution is 2.33. The van der Waals surface area contributed by atoms with E-state index in [1.807, 2.05) is 0 Å². The molecule has 0 spiro atoms. The zero-order valence-corrected chi connectivity index (χ0v) is 15.6. The zero-order valence-electron chi connectivity index (χ0n) is 15.6. The smallest absolute Gasteiger partial charge is 0.310 e. The fourth-order valence-electron chi connectivity index (χ4n) is 3.26. The summed E-state index contributed by atoms with van der Waals surface area (Å²) in [6, 6.07) is 11.7. The number of hydrogen-bond acceptors (Lipinski definition) is 6. The minimum atomic E-state index is -1.02. The van der Waals surface area contributed by atoms with E-state index in [0.717, 1.165) is 5.56 Å². The first kappa shape index (κ1) is 18.7. The maximum Gasteiger partial charge on any atom is 0.310 e. The van der Waals surface area contributed by atoms with E-state index in [2.05, 4.69) is 10.6 Å². The number of anilines is 2. The van der Waals surface area contributed by atoms with E-state index in [1.54, 1.807) is 49.4 Å². The number of para-hydroxylation sites is 2. The van der Waals surface area contributed by atoms with Gasteiger partial charge in [-0.1, -0.05) is 12.1 Å². The van der Waals surface area contributed by atoms with Crippen molar-refractivity contribution in [3.63, 3.8) is 0 Å². The maximum absolute atomic E-state index is 12.4. The van der Waals surface area contributed by atoms with Crippen LogP contribution in [-0.2, 0) is 19.1 Å². The quantitative estimate of drug-likeness (QED) is 0.594. The Labute approximate surface area is 166 Å². The molecule has 2 aromatic rings. The molecule has 0 saturated carbocycles. The summed E-state index contributed by atoms with van der Waals surface area (Å²) in [4.78, 5) is 48.2. The lowest BCUT2D eigenvalue weighted by atomic mass is 9.99. The SMILES string of the molecule is C[C@H]1C(=O)Nc2ccc(C(=O)COC(=O)C[C@@H]3Oc4ccccc4NC3=O)cc21. The van der Waals surface area contributed by atoms with Gasteiger partial charge in [-0.05, 0) is 42.8 Å². The summed E-state index contributed by atoms with van der Waals surface area (Å²) >= 11 is 0. The molecular formula is C21H18N2O6. The molecule has 0 radical (unpaired) electrons. The van der Waals surface area contributed by atoms with Gasteiger partial charge in [-0.25, -0.2) is 0 Å². The lowest BCUT2D eigenvalue weighted by Crippen LogP contribution is -2.39. The molecule has 2 heterocycles. The second-order valence-corrected chi connectivity index (χ2v) is 6.89. The molecule has 29 heavy (non-hydrogen) atoms. The Balaban J connectivity index is 1.34. The zero-order chi connectivity index (χ0) is 20.5. The number of carbonyl (C=O) groups excluding carboxylic acids is 4. The summed E-state index contributed by atoms with van der Waals surface area (Å²) in [6.45, 7) is 1.29. The van der Waals surface area contributed by atoms with Crippen molar-refractivity contribution >= 4 is 34.9 Å². The Bertz CT molecular complexity index is 1030. The van der Waals surface area contributed by atoms with E-state index < -0.39 is 30.4 Å². The molecule has 2 aliphatic heterocycles. The van der Waals surface area contributed by atoms with Gasteiger partial charge in [-0.15, -0.1) is 0 Å². The van der Waals surface area contributed by atoms with Crippen molar-refractivity contribution < 1.29 is 28.7 Å². The number of ether oxygens (including phenoxy) is 2. The molecule has 0 fully saturated rings. The monoisotopic (exact) mass is 394 g/mol. The number of benzene rings is 2. The van der Waals surface area contributed by atoms with Crippen molar-refractivity contribution in [1.82, 2.24) is 0 Å². The van der Waals surface area contributed by atoms with E-state index in [4.69, 9.17) is 9.47 Å². The molecule has 2 atom stereocenters. The van der Waals surface area contributed by atoms with Gasteiger partial charge < -0.3 is 20.1 Å². The number of ketones is 1. The van der Waals surface area contributed by atoms with Gasteiger partial charge in [0.05, 0.1) is 18.0 Å². The lowest BCUT2D eigenvalue weighted by molar-refractivity contribution is -0.146. The first-order valence-electron chi connectivity index (χ1n) is 9.12. The van der Waals surface area contributed by atoms with Crippen LogP contribution in [0.1, 0.15) is 35.2 Å². The lowest BCUT2D eigenvalue weighted by Gasteiger charge is -2.25. The van der Waals surface area contributed by atoms with Gasteiger partial charge >= 0.3 is 5.97 Å².